The van der Waals surface area contributed by atoms with E-state index in [0.717, 1.165) is 0 Å². The van der Waals surface area contributed by atoms with Crippen molar-refractivity contribution in [3.63, 3.8) is 0 Å². The van der Waals surface area contributed by atoms with E-state index in [4.69, 9.17) is 5.11 Å². The van der Waals surface area contributed by atoms with E-state index in [-0.39, 0.29) is 19.0 Å². The Morgan fingerprint density at radius 2 is 2.35 bits per heavy atom. The quantitative estimate of drug-likeness (QED) is 0.710. The Balaban J connectivity index is 2.17. The van der Waals surface area contributed by atoms with Gasteiger partial charge in [-0.05, 0) is 0 Å². The molecule has 1 aromatic heterocycles. The third kappa shape index (κ3) is 4.96. The van der Waals surface area contributed by atoms with Crippen molar-refractivity contribution in [3.8, 4) is 0 Å². The van der Waals surface area contributed by atoms with Gasteiger partial charge in [0.1, 0.15) is 0 Å². The van der Waals surface area contributed by atoms with Crippen LogP contribution in [0.15, 0.2) is 10.9 Å². The predicted octanol–water partition coefficient (Wildman–Crippen LogP) is -0.272. The topological polar surface area (TPSA) is 109 Å². The van der Waals surface area contributed by atoms with Crippen LogP contribution in [0.5, 0.6) is 0 Å². The second-order valence-corrected chi connectivity index (χ2v) is 3.39. The van der Waals surface area contributed by atoms with Gasteiger partial charge in [0, 0.05) is 26.6 Å². The molecule has 0 bridgehead atoms. The average molecular weight is 242 g/mol. The minimum Gasteiger partial charge on any atom is -0.481 e. The van der Waals surface area contributed by atoms with E-state index in [1.807, 2.05) is 0 Å². The molecule has 0 aliphatic heterocycles. The van der Waals surface area contributed by atoms with E-state index < -0.39 is 5.97 Å². The number of rotatable bonds is 6. The van der Waals surface area contributed by atoms with Crippen molar-refractivity contribution in [2.75, 3.05) is 20.1 Å². The summed E-state index contributed by atoms with van der Waals surface area (Å²) in [6.07, 6.45) is 1.61. The highest BCUT2D eigenvalue weighted by atomic mass is 16.5. The lowest BCUT2D eigenvalue weighted by atomic mass is 10.4. The summed E-state index contributed by atoms with van der Waals surface area (Å²) in [6.45, 7) is 0.541. The zero-order chi connectivity index (χ0) is 12.7. The van der Waals surface area contributed by atoms with Crippen molar-refractivity contribution in [1.29, 1.82) is 0 Å². The highest BCUT2D eigenvalue weighted by molar-refractivity contribution is 5.74. The van der Waals surface area contributed by atoms with Crippen LogP contribution < -0.4 is 5.32 Å². The van der Waals surface area contributed by atoms with Gasteiger partial charge in [0.05, 0.1) is 6.42 Å². The minimum atomic E-state index is -0.934. The lowest BCUT2D eigenvalue weighted by Crippen LogP contribution is -2.39. The van der Waals surface area contributed by atoms with Gasteiger partial charge < -0.3 is 19.8 Å². The third-order valence-corrected chi connectivity index (χ3v) is 2.04. The number of aromatic nitrogens is 2. The summed E-state index contributed by atoms with van der Waals surface area (Å²) in [6, 6.07) is -0.324. The molecule has 0 aliphatic carbocycles. The molecule has 0 spiro atoms. The molecule has 0 unspecified atom stereocenters. The molecule has 0 saturated heterocycles. The largest absolute Gasteiger partial charge is 0.481 e. The van der Waals surface area contributed by atoms with Gasteiger partial charge in [-0.25, -0.2) is 4.79 Å². The van der Waals surface area contributed by atoms with Gasteiger partial charge in [-0.1, -0.05) is 5.16 Å². The van der Waals surface area contributed by atoms with Crippen LogP contribution in [0.25, 0.3) is 0 Å². The van der Waals surface area contributed by atoms with Crippen LogP contribution in [-0.4, -0.2) is 52.3 Å². The monoisotopic (exact) mass is 242 g/mol. The van der Waals surface area contributed by atoms with Crippen LogP contribution in [0.3, 0.4) is 0 Å². The maximum Gasteiger partial charge on any atom is 0.317 e. The van der Waals surface area contributed by atoms with Gasteiger partial charge >= 0.3 is 12.0 Å². The molecule has 0 fully saturated rings. The number of amides is 2. The predicted molar refractivity (Wildman–Crippen MR) is 56.3 cm³/mol. The summed E-state index contributed by atoms with van der Waals surface area (Å²) in [5.74, 6) is -0.421. The summed E-state index contributed by atoms with van der Waals surface area (Å²) in [7, 11) is 1.53. The molecule has 0 aliphatic rings. The number of nitrogens with one attached hydrogen (secondary N) is 1. The van der Waals surface area contributed by atoms with Crippen LogP contribution in [0.1, 0.15) is 12.2 Å². The molecule has 0 aromatic carbocycles. The Morgan fingerprint density at radius 1 is 1.59 bits per heavy atom. The lowest BCUT2D eigenvalue weighted by molar-refractivity contribution is -0.137. The number of carbonyl (C=O) groups excluding carboxylic acids is 1. The first-order valence-corrected chi connectivity index (χ1v) is 5.05. The van der Waals surface area contributed by atoms with E-state index in [2.05, 4.69) is 20.0 Å². The average Bonchev–Trinajstić information content (AvgIpc) is 2.78. The zero-order valence-electron chi connectivity index (χ0n) is 9.42. The molecule has 17 heavy (non-hydrogen) atoms. The highest BCUT2D eigenvalue weighted by Crippen LogP contribution is 1.91. The second-order valence-electron chi connectivity index (χ2n) is 3.39. The van der Waals surface area contributed by atoms with E-state index in [1.165, 1.54) is 18.3 Å². The van der Waals surface area contributed by atoms with Gasteiger partial charge in [0.15, 0.2) is 5.82 Å². The Kier molecular flexibility index (Phi) is 4.92. The van der Waals surface area contributed by atoms with Crippen LogP contribution in [0, 0.1) is 0 Å². The molecule has 0 radical (unpaired) electrons. The first-order chi connectivity index (χ1) is 8.09. The van der Waals surface area contributed by atoms with E-state index in [1.54, 1.807) is 0 Å². The van der Waals surface area contributed by atoms with Gasteiger partial charge in [0.2, 0.25) is 6.39 Å². The summed E-state index contributed by atoms with van der Waals surface area (Å²) in [4.78, 5) is 26.9. The third-order valence-electron chi connectivity index (χ3n) is 2.04. The van der Waals surface area contributed by atoms with E-state index >= 15 is 0 Å². The number of aliphatic carboxylic acids is 1. The van der Waals surface area contributed by atoms with Crippen LogP contribution in [0.2, 0.25) is 0 Å². The molecule has 8 nitrogen and oxygen atoms in total. The minimum absolute atomic E-state index is 0.0746. The number of carboxylic acids is 1. The normalized spacial score (nSPS) is 9.94. The molecule has 1 rings (SSSR count). The fourth-order valence-electron chi connectivity index (χ4n) is 1.08. The van der Waals surface area contributed by atoms with Crippen LogP contribution in [0.4, 0.5) is 4.79 Å². The maximum atomic E-state index is 11.4. The summed E-state index contributed by atoms with van der Waals surface area (Å²) in [5.41, 5.74) is 0. The summed E-state index contributed by atoms with van der Waals surface area (Å²) >= 11 is 0. The fraction of sp³-hybridized carbons (Fsp3) is 0.556. The van der Waals surface area contributed by atoms with Crippen molar-refractivity contribution in [1.82, 2.24) is 20.4 Å². The van der Waals surface area contributed by atoms with Crippen LogP contribution >= 0.6 is 0 Å². The van der Waals surface area contributed by atoms with Crippen molar-refractivity contribution >= 4 is 12.0 Å². The molecule has 0 saturated carbocycles. The second kappa shape index (κ2) is 6.46. The number of hydrogen-bond donors (Lipinski definition) is 2. The van der Waals surface area contributed by atoms with Gasteiger partial charge in [-0.3, -0.25) is 4.79 Å². The number of urea groups is 1. The molecule has 2 amide bonds. The van der Waals surface area contributed by atoms with Crippen molar-refractivity contribution in [2.24, 2.45) is 0 Å². The molecule has 2 N–H and O–H groups in total. The maximum absolute atomic E-state index is 11.4. The van der Waals surface area contributed by atoms with E-state index in [0.29, 0.717) is 18.8 Å². The number of carboxylic acid groups (broad SMARTS) is 1. The van der Waals surface area contributed by atoms with Crippen molar-refractivity contribution in [2.45, 2.75) is 12.8 Å². The highest BCUT2D eigenvalue weighted by Gasteiger charge is 2.09. The number of nitrogens with zero attached hydrogens (tertiary/aromatic N) is 3. The summed E-state index contributed by atoms with van der Waals surface area (Å²) < 4.78 is 4.53. The van der Waals surface area contributed by atoms with Crippen molar-refractivity contribution in [3.05, 3.63) is 12.2 Å². The Bertz CT molecular complexity index is 365. The van der Waals surface area contributed by atoms with Gasteiger partial charge in [-0.2, -0.15) is 4.98 Å². The molecule has 94 valence electrons. The lowest BCUT2D eigenvalue weighted by Gasteiger charge is -2.16. The number of carbonyl (C=O) groups is 2. The Labute approximate surface area is 97.6 Å². The first kappa shape index (κ1) is 12.9. The zero-order valence-corrected chi connectivity index (χ0v) is 9.42. The smallest absolute Gasteiger partial charge is 0.317 e. The molecule has 8 heteroatoms. The van der Waals surface area contributed by atoms with E-state index in [9.17, 15) is 9.59 Å². The molecular weight excluding hydrogens is 228 g/mol. The Morgan fingerprint density at radius 3 is 2.94 bits per heavy atom. The molecule has 0 atom stereocenters. The first-order valence-electron chi connectivity index (χ1n) is 5.05. The number of hydrogen-bond acceptors (Lipinski definition) is 5. The van der Waals surface area contributed by atoms with Crippen molar-refractivity contribution < 1.29 is 19.2 Å². The van der Waals surface area contributed by atoms with Crippen LogP contribution in [-0.2, 0) is 11.2 Å². The fourth-order valence-corrected chi connectivity index (χ4v) is 1.08. The summed E-state index contributed by atoms with van der Waals surface area (Å²) in [5, 5.41) is 14.7. The molecule has 1 heterocycles. The standard InChI is InChI=1S/C9H14N4O4/c1-13(5-3-8(14)15)9(16)10-4-2-7-11-6-17-12-7/h6H,2-5H2,1H3,(H,10,16)(H,14,15). The molecule has 1 aromatic rings. The Hall–Kier alpha value is -2.12. The van der Waals surface area contributed by atoms with Gasteiger partial charge in [-0.15, -0.1) is 0 Å². The SMILES string of the molecule is CN(CCC(=O)O)C(=O)NCCc1ncon1. The molecular formula is C9H14N4O4. The van der Waals surface area contributed by atoms with Gasteiger partial charge in [0.25, 0.3) is 0 Å².